The van der Waals surface area contributed by atoms with E-state index < -0.39 is 0 Å². The number of halogens is 1. The van der Waals surface area contributed by atoms with Crippen molar-refractivity contribution in [2.24, 2.45) is 0 Å². The molecular formula is C9H10ClNS. The highest BCUT2D eigenvalue weighted by Gasteiger charge is 2.12. The van der Waals surface area contributed by atoms with Crippen LogP contribution in [0.3, 0.4) is 0 Å². The maximum atomic E-state index is 8.81. The summed E-state index contributed by atoms with van der Waals surface area (Å²) in [5.41, 5.74) is 0.681. The van der Waals surface area contributed by atoms with Gasteiger partial charge in [-0.15, -0.1) is 11.3 Å². The number of nitrogens with zero attached hydrogens (tertiary/aromatic N) is 1. The van der Waals surface area contributed by atoms with Crippen LogP contribution in [0, 0.1) is 18.3 Å². The lowest BCUT2D eigenvalue weighted by Gasteiger charge is -1.91. The Morgan fingerprint density at radius 2 is 2.25 bits per heavy atom. The quantitative estimate of drug-likeness (QED) is 0.715. The van der Waals surface area contributed by atoms with Gasteiger partial charge in [-0.2, -0.15) is 5.26 Å². The topological polar surface area (TPSA) is 23.8 Å². The highest BCUT2D eigenvalue weighted by atomic mass is 35.5. The number of hydrogen-bond donors (Lipinski definition) is 0. The smallest absolute Gasteiger partial charge is 0.102 e. The lowest BCUT2D eigenvalue weighted by Crippen LogP contribution is -1.81. The number of rotatable bonds is 2. The molecule has 1 aromatic heterocycles. The second kappa shape index (κ2) is 3.93. The molecule has 1 aromatic rings. The summed E-state index contributed by atoms with van der Waals surface area (Å²) in [7, 11) is 0. The van der Waals surface area contributed by atoms with Gasteiger partial charge in [0.1, 0.15) is 6.07 Å². The van der Waals surface area contributed by atoms with Crippen molar-refractivity contribution >= 4 is 22.9 Å². The molecular weight excluding hydrogens is 190 g/mol. The van der Waals surface area contributed by atoms with Crippen LogP contribution in [0.25, 0.3) is 0 Å². The van der Waals surface area contributed by atoms with E-state index in [2.05, 4.69) is 13.0 Å². The summed E-state index contributed by atoms with van der Waals surface area (Å²) in [6, 6.07) is 2.15. The van der Waals surface area contributed by atoms with E-state index in [1.54, 1.807) is 11.3 Å². The number of nitriles is 1. The minimum Gasteiger partial charge on any atom is -0.192 e. The van der Waals surface area contributed by atoms with Gasteiger partial charge >= 0.3 is 0 Å². The third kappa shape index (κ3) is 1.63. The Kier molecular flexibility index (Phi) is 3.13. The SMILES string of the molecule is CCCc1sc(C)c(Cl)c1C#N. The van der Waals surface area contributed by atoms with Crippen molar-refractivity contribution in [3.8, 4) is 6.07 Å². The van der Waals surface area contributed by atoms with Crippen molar-refractivity contribution in [2.45, 2.75) is 26.7 Å². The van der Waals surface area contributed by atoms with Crippen LogP contribution in [0.4, 0.5) is 0 Å². The van der Waals surface area contributed by atoms with Gasteiger partial charge in [-0.25, -0.2) is 0 Å². The normalized spacial score (nSPS) is 9.83. The van der Waals surface area contributed by atoms with Crippen LogP contribution in [-0.2, 0) is 6.42 Å². The molecule has 0 unspecified atom stereocenters. The molecule has 0 saturated heterocycles. The monoisotopic (exact) mass is 199 g/mol. The van der Waals surface area contributed by atoms with Crippen molar-refractivity contribution in [3.63, 3.8) is 0 Å². The van der Waals surface area contributed by atoms with E-state index in [1.807, 2.05) is 6.92 Å². The summed E-state index contributed by atoms with van der Waals surface area (Å²) in [6.45, 7) is 4.05. The minimum atomic E-state index is 0.644. The molecule has 0 aliphatic rings. The molecule has 12 heavy (non-hydrogen) atoms. The first-order valence-corrected chi connectivity index (χ1v) is 5.08. The van der Waals surface area contributed by atoms with Crippen molar-refractivity contribution in [3.05, 3.63) is 20.3 Å². The Morgan fingerprint density at radius 1 is 1.58 bits per heavy atom. The molecule has 0 N–H and O–H groups in total. The van der Waals surface area contributed by atoms with Crippen LogP contribution < -0.4 is 0 Å². The van der Waals surface area contributed by atoms with Crippen molar-refractivity contribution in [1.29, 1.82) is 5.26 Å². The Balaban J connectivity index is 3.13. The number of aryl methyl sites for hydroxylation is 2. The number of thiophene rings is 1. The first-order chi connectivity index (χ1) is 5.70. The van der Waals surface area contributed by atoms with Crippen LogP contribution in [0.15, 0.2) is 0 Å². The molecule has 0 radical (unpaired) electrons. The van der Waals surface area contributed by atoms with Gasteiger partial charge in [-0.1, -0.05) is 24.9 Å². The zero-order chi connectivity index (χ0) is 9.14. The summed E-state index contributed by atoms with van der Waals surface area (Å²) < 4.78 is 0. The van der Waals surface area contributed by atoms with Crippen LogP contribution in [0.5, 0.6) is 0 Å². The van der Waals surface area contributed by atoms with E-state index in [-0.39, 0.29) is 0 Å². The van der Waals surface area contributed by atoms with E-state index in [1.165, 1.54) is 0 Å². The maximum Gasteiger partial charge on any atom is 0.102 e. The lowest BCUT2D eigenvalue weighted by molar-refractivity contribution is 0.937. The third-order valence-electron chi connectivity index (χ3n) is 1.67. The largest absolute Gasteiger partial charge is 0.192 e. The summed E-state index contributed by atoms with van der Waals surface area (Å²) in [5.74, 6) is 0. The fourth-order valence-electron chi connectivity index (χ4n) is 1.09. The molecule has 0 atom stereocenters. The minimum absolute atomic E-state index is 0.644. The Bertz CT molecular complexity index is 322. The van der Waals surface area contributed by atoms with Crippen molar-refractivity contribution in [2.75, 3.05) is 0 Å². The highest BCUT2D eigenvalue weighted by molar-refractivity contribution is 7.12. The molecule has 0 fully saturated rings. The van der Waals surface area contributed by atoms with Crippen LogP contribution in [-0.4, -0.2) is 0 Å². The Labute approximate surface area is 81.6 Å². The van der Waals surface area contributed by atoms with Crippen LogP contribution in [0.2, 0.25) is 5.02 Å². The first-order valence-electron chi connectivity index (χ1n) is 3.88. The third-order valence-corrected chi connectivity index (χ3v) is 3.42. The number of hydrogen-bond acceptors (Lipinski definition) is 2. The molecule has 0 saturated carbocycles. The lowest BCUT2D eigenvalue weighted by atomic mass is 10.2. The van der Waals surface area contributed by atoms with Gasteiger partial charge in [-0.3, -0.25) is 0 Å². The molecule has 3 heteroatoms. The van der Waals surface area contributed by atoms with E-state index >= 15 is 0 Å². The Hall–Kier alpha value is -0.520. The average Bonchev–Trinajstić information content (AvgIpc) is 2.29. The molecule has 1 heterocycles. The van der Waals surface area contributed by atoms with Gasteiger partial charge in [0.15, 0.2) is 0 Å². The summed E-state index contributed by atoms with van der Waals surface area (Å²) in [4.78, 5) is 2.18. The molecule has 0 spiro atoms. The van der Waals surface area contributed by atoms with E-state index in [0.717, 1.165) is 22.6 Å². The van der Waals surface area contributed by atoms with Crippen LogP contribution >= 0.6 is 22.9 Å². The second-order valence-electron chi connectivity index (χ2n) is 2.63. The molecule has 1 nitrogen and oxygen atoms in total. The first kappa shape index (κ1) is 9.57. The summed E-state index contributed by atoms with van der Waals surface area (Å²) in [6.07, 6.45) is 2.02. The average molecular weight is 200 g/mol. The summed E-state index contributed by atoms with van der Waals surface area (Å²) >= 11 is 7.57. The molecule has 1 rings (SSSR count). The summed E-state index contributed by atoms with van der Waals surface area (Å²) in [5, 5.41) is 9.46. The fraction of sp³-hybridized carbons (Fsp3) is 0.444. The zero-order valence-electron chi connectivity index (χ0n) is 7.15. The van der Waals surface area contributed by atoms with Gasteiger partial charge in [0.25, 0.3) is 0 Å². The van der Waals surface area contributed by atoms with E-state index in [4.69, 9.17) is 16.9 Å². The van der Waals surface area contributed by atoms with Crippen LogP contribution in [0.1, 0.15) is 28.7 Å². The maximum absolute atomic E-state index is 8.81. The predicted octanol–water partition coefficient (Wildman–Crippen LogP) is 3.53. The molecule has 0 bridgehead atoms. The molecule has 0 aliphatic heterocycles. The van der Waals surface area contributed by atoms with Gasteiger partial charge in [-0.05, 0) is 13.3 Å². The van der Waals surface area contributed by atoms with Gasteiger partial charge in [0, 0.05) is 9.75 Å². The van der Waals surface area contributed by atoms with Gasteiger partial charge in [0.2, 0.25) is 0 Å². The highest BCUT2D eigenvalue weighted by Crippen LogP contribution is 2.32. The van der Waals surface area contributed by atoms with E-state index in [0.29, 0.717) is 10.6 Å². The van der Waals surface area contributed by atoms with Crippen molar-refractivity contribution < 1.29 is 0 Å². The van der Waals surface area contributed by atoms with Gasteiger partial charge in [0.05, 0.1) is 10.6 Å². The zero-order valence-corrected chi connectivity index (χ0v) is 8.72. The van der Waals surface area contributed by atoms with Crippen molar-refractivity contribution in [1.82, 2.24) is 0 Å². The molecule has 0 aromatic carbocycles. The van der Waals surface area contributed by atoms with Gasteiger partial charge < -0.3 is 0 Å². The second-order valence-corrected chi connectivity index (χ2v) is 4.32. The fourth-order valence-corrected chi connectivity index (χ4v) is 2.54. The standard InChI is InChI=1S/C9H10ClNS/c1-3-4-8-7(5-11)9(10)6(2)12-8/h3-4H2,1-2H3. The Morgan fingerprint density at radius 3 is 2.75 bits per heavy atom. The van der Waals surface area contributed by atoms with E-state index in [9.17, 15) is 0 Å². The molecule has 0 aliphatic carbocycles. The molecule has 0 amide bonds. The molecule has 64 valence electrons. The predicted molar refractivity (Wildman–Crippen MR) is 52.8 cm³/mol.